The monoisotopic (exact) mass is 678 g/mol. The summed E-state index contributed by atoms with van der Waals surface area (Å²) in [5.74, 6) is -2.45. The SMILES string of the molecule is CCOC(=O)COC1C(=O)N(CCNCCCc2ccc(C)cc2)c2ccccc2SC1c1ccc(OC)cc1.O=C(O)C=CC(=O)O. The fraction of sp³-hybridized carbons (Fsp3) is 0.333. The number of para-hydroxylation sites is 1. The molecule has 0 aliphatic carbocycles. The van der Waals surface area contributed by atoms with Gasteiger partial charge in [-0.15, -0.1) is 11.8 Å². The number of fused-ring (bicyclic) bond motifs is 1. The normalized spacial score (nSPS) is 15.6. The molecule has 0 radical (unpaired) electrons. The van der Waals surface area contributed by atoms with Gasteiger partial charge >= 0.3 is 17.9 Å². The summed E-state index contributed by atoms with van der Waals surface area (Å²) in [6, 6.07) is 24.2. The van der Waals surface area contributed by atoms with Crippen molar-refractivity contribution >= 4 is 41.3 Å². The van der Waals surface area contributed by atoms with Gasteiger partial charge in [0, 0.05) is 30.1 Å². The molecule has 3 aromatic rings. The number of hydrogen-bond donors (Lipinski definition) is 3. The molecule has 0 bridgehead atoms. The molecule has 1 amide bonds. The van der Waals surface area contributed by atoms with Crippen LogP contribution < -0.4 is 15.0 Å². The Hall–Kier alpha value is -4.65. The van der Waals surface area contributed by atoms with E-state index >= 15 is 0 Å². The number of thioether (sulfide) groups is 1. The van der Waals surface area contributed by atoms with Crippen LogP contribution in [0.4, 0.5) is 5.69 Å². The Morgan fingerprint density at radius 1 is 0.938 bits per heavy atom. The summed E-state index contributed by atoms with van der Waals surface area (Å²) in [5, 5.41) is 18.8. The van der Waals surface area contributed by atoms with Gasteiger partial charge in [-0.1, -0.05) is 54.1 Å². The largest absolute Gasteiger partial charge is 0.497 e. The predicted octanol–water partition coefficient (Wildman–Crippen LogP) is 5.07. The minimum absolute atomic E-state index is 0.177. The van der Waals surface area contributed by atoms with Gasteiger partial charge < -0.3 is 34.6 Å². The van der Waals surface area contributed by atoms with Crippen molar-refractivity contribution in [3.63, 3.8) is 0 Å². The highest BCUT2D eigenvalue weighted by molar-refractivity contribution is 7.99. The molecule has 11 nitrogen and oxygen atoms in total. The van der Waals surface area contributed by atoms with Gasteiger partial charge in [-0.05, 0) is 68.6 Å². The lowest BCUT2D eigenvalue weighted by Gasteiger charge is -2.28. The molecule has 1 heterocycles. The molecule has 1 aliphatic heterocycles. The number of hydrogen-bond acceptors (Lipinski definition) is 9. The van der Waals surface area contributed by atoms with Gasteiger partial charge in [0.2, 0.25) is 0 Å². The highest BCUT2D eigenvalue weighted by atomic mass is 32.2. The Morgan fingerprint density at radius 2 is 1.60 bits per heavy atom. The van der Waals surface area contributed by atoms with E-state index in [0.29, 0.717) is 25.2 Å². The van der Waals surface area contributed by atoms with Crippen molar-refractivity contribution in [2.45, 2.75) is 42.9 Å². The molecule has 0 spiro atoms. The number of carbonyl (C=O) groups is 4. The number of aliphatic carboxylic acids is 2. The lowest BCUT2D eigenvalue weighted by Crippen LogP contribution is -2.45. The highest BCUT2D eigenvalue weighted by Crippen LogP contribution is 2.46. The number of nitrogens with zero attached hydrogens (tertiary/aromatic N) is 1. The summed E-state index contributed by atoms with van der Waals surface area (Å²) in [7, 11) is 1.62. The van der Waals surface area contributed by atoms with Crippen molar-refractivity contribution < 1.29 is 43.6 Å². The van der Waals surface area contributed by atoms with Crippen molar-refractivity contribution in [3.05, 3.63) is 102 Å². The fourth-order valence-electron chi connectivity index (χ4n) is 4.80. The second-order valence-electron chi connectivity index (χ2n) is 10.7. The molecule has 3 N–H and O–H groups in total. The van der Waals surface area contributed by atoms with E-state index in [2.05, 4.69) is 36.5 Å². The maximum absolute atomic E-state index is 14.1. The van der Waals surface area contributed by atoms with Crippen LogP contribution in [0.1, 0.15) is 35.3 Å². The molecule has 12 heteroatoms. The molecule has 2 atom stereocenters. The Bertz CT molecular complexity index is 1510. The van der Waals surface area contributed by atoms with Crippen molar-refractivity contribution in [1.82, 2.24) is 5.32 Å². The third-order valence-corrected chi connectivity index (χ3v) is 8.52. The van der Waals surface area contributed by atoms with Crippen molar-refractivity contribution in [2.24, 2.45) is 0 Å². The lowest BCUT2D eigenvalue weighted by atomic mass is 10.1. The first-order valence-electron chi connectivity index (χ1n) is 15.5. The van der Waals surface area contributed by atoms with Gasteiger partial charge in [0.1, 0.15) is 12.4 Å². The van der Waals surface area contributed by atoms with Crippen LogP contribution in [0.25, 0.3) is 0 Å². The molecular weight excluding hydrogens is 636 g/mol. The van der Waals surface area contributed by atoms with Crippen LogP contribution in [0, 0.1) is 6.92 Å². The van der Waals surface area contributed by atoms with E-state index < -0.39 is 24.0 Å². The smallest absolute Gasteiger partial charge is 0.332 e. The topological polar surface area (TPSA) is 152 Å². The number of benzene rings is 3. The van der Waals surface area contributed by atoms with E-state index in [1.807, 2.05) is 48.5 Å². The third kappa shape index (κ3) is 12.2. The van der Waals surface area contributed by atoms with Crippen molar-refractivity contribution in [2.75, 3.05) is 44.9 Å². The summed E-state index contributed by atoms with van der Waals surface area (Å²) < 4.78 is 16.4. The number of esters is 1. The number of nitrogens with one attached hydrogen (secondary N) is 1. The van der Waals surface area contributed by atoms with Gasteiger partial charge in [-0.2, -0.15) is 0 Å². The van der Waals surface area contributed by atoms with E-state index in [-0.39, 0.29) is 24.4 Å². The quantitative estimate of drug-likeness (QED) is 0.112. The molecule has 3 aromatic carbocycles. The summed E-state index contributed by atoms with van der Waals surface area (Å²) >= 11 is 1.57. The van der Waals surface area contributed by atoms with E-state index in [1.54, 1.807) is 30.7 Å². The zero-order chi connectivity index (χ0) is 34.9. The summed E-state index contributed by atoms with van der Waals surface area (Å²) in [6.07, 6.45) is 2.25. The van der Waals surface area contributed by atoms with E-state index in [4.69, 9.17) is 24.4 Å². The Kier molecular flexibility index (Phi) is 15.7. The minimum Gasteiger partial charge on any atom is -0.497 e. The number of anilines is 1. The van der Waals surface area contributed by atoms with E-state index in [9.17, 15) is 19.2 Å². The number of carboxylic acid groups (broad SMARTS) is 2. The van der Waals surface area contributed by atoms with Gasteiger partial charge in [0.05, 0.1) is 24.7 Å². The molecule has 4 rings (SSSR count). The first-order chi connectivity index (χ1) is 23.1. The molecule has 0 saturated heterocycles. The van der Waals surface area contributed by atoms with Crippen LogP contribution in [-0.2, 0) is 35.1 Å². The maximum atomic E-state index is 14.1. The Morgan fingerprint density at radius 3 is 2.23 bits per heavy atom. The van der Waals surface area contributed by atoms with Crippen LogP contribution in [0.2, 0.25) is 0 Å². The van der Waals surface area contributed by atoms with Crippen molar-refractivity contribution in [3.8, 4) is 5.75 Å². The molecule has 48 heavy (non-hydrogen) atoms. The average molecular weight is 679 g/mol. The molecule has 0 aromatic heterocycles. The van der Waals surface area contributed by atoms with Crippen LogP contribution in [0.15, 0.2) is 89.8 Å². The first-order valence-corrected chi connectivity index (χ1v) is 16.4. The van der Waals surface area contributed by atoms with Crippen LogP contribution in [0.3, 0.4) is 0 Å². The minimum atomic E-state index is -1.26. The Labute approximate surface area is 284 Å². The predicted molar refractivity (Wildman–Crippen MR) is 184 cm³/mol. The number of carbonyl (C=O) groups excluding carboxylic acids is 2. The maximum Gasteiger partial charge on any atom is 0.332 e. The second-order valence-corrected chi connectivity index (χ2v) is 11.8. The number of rotatable bonds is 15. The molecule has 1 aliphatic rings. The van der Waals surface area contributed by atoms with Crippen LogP contribution in [0.5, 0.6) is 5.75 Å². The number of ether oxygens (including phenoxy) is 3. The average Bonchev–Trinajstić information content (AvgIpc) is 3.19. The summed E-state index contributed by atoms with van der Waals surface area (Å²) in [6.45, 7) is 5.77. The number of amides is 1. The fourth-order valence-corrected chi connectivity index (χ4v) is 6.14. The van der Waals surface area contributed by atoms with E-state index in [0.717, 1.165) is 41.3 Å². The molecule has 0 saturated carbocycles. The van der Waals surface area contributed by atoms with E-state index in [1.165, 1.54) is 11.1 Å². The number of carboxylic acids is 2. The van der Waals surface area contributed by atoms with Gasteiger partial charge in [0.25, 0.3) is 5.91 Å². The summed E-state index contributed by atoms with van der Waals surface area (Å²) in [4.78, 5) is 48.2. The van der Waals surface area contributed by atoms with Crippen molar-refractivity contribution in [1.29, 1.82) is 0 Å². The van der Waals surface area contributed by atoms with Gasteiger partial charge in [0.15, 0.2) is 6.10 Å². The standard InChI is InChI=1S/C32H38N2O5S.C4H4O4/c1-4-38-29(35)22-39-30-31(25-15-17-26(37-3)18-16-25)40-28-10-6-5-9-27(28)34(32(30)36)21-20-33-19-7-8-24-13-11-23(2)12-14-24;5-3(6)1-2-4(7)8/h5-6,9-18,30-31,33H,4,7-8,19-22H2,1-3H3;1-2H,(H,5,6)(H,7,8). The zero-order valence-corrected chi connectivity index (χ0v) is 28.1. The number of aryl methyl sites for hydroxylation is 2. The van der Waals surface area contributed by atoms with Gasteiger partial charge in [-0.3, -0.25) is 4.79 Å². The van der Waals surface area contributed by atoms with Gasteiger partial charge in [-0.25, -0.2) is 14.4 Å². The molecule has 2 unspecified atom stereocenters. The zero-order valence-electron chi connectivity index (χ0n) is 27.3. The molecule has 256 valence electrons. The van der Waals surface area contributed by atoms with Crippen LogP contribution in [-0.4, -0.2) is 80.1 Å². The molecule has 0 fully saturated rings. The highest BCUT2D eigenvalue weighted by Gasteiger charge is 2.39. The summed E-state index contributed by atoms with van der Waals surface area (Å²) in [5.41, 5.74) is 4.35. The lowest BCUT2D eigenvalue weighted by molar-refractivity contribution is -0.152. The van der Waals surface area contributed by atoms with Crippen LogP contribution >= 0.6 is 11.8 Å². The third-order valence-electron chi connectivity index (χ3n) is 7.15. The first kappa shape index (κ1) is 37.8. The Balaban J connectivity index is 0.000000694. The molecular formula is C36H42N2O9S. The number of methoxy groups -OCH3 is 1. The second kappa shape index (κ2) is 19.9.